The summed E-state index contributed by atoms with van der Waals surface area (Å²) in [6.45, 7) is 1.82. The molecular weight excluding hydrogens is 256 g/mol. The molecule has 0 atom stereocenters. The predicted molar refractivity (Wildman–Crippen MR) is 78.9 cm³/mol. The Kier molecular flexibility index (Phi) is 5.12. The zero-order valence-electron chi connectivity index (χ0n) is 11.0. The third kappa shape index (κ3) is 4.85. The molecule has 100 valence electrons. The lowest BCUT2D eigenvalue weighted by Gasteiger charge is -2.16. The van der Waals surface area contributed by atoms with Crippen molar-refractivity contribution in [2.45, 2.75) is 13.1 Å². The average molecular weight is 274 g/mol. The van der Waals surface area contributed by atoms with Crippen LogP contribution in [0, 0.1) is 0 Å². The van der Waals surface area contributed by atoms with Crippen LogP contribution in [0.5, 0.6) is 0 Å². The maximum absolute atomic E-state index is 11.8. The number of amides is 1. The van der Waals surface area contributed by atoms with Crippen LogP contribution in [0.1, 0.15) is 10.4 Å². The number of nitrogens with zero attached hydrogens (tertiary/aromatic N) is 1. The molecule has 2 rings (SSSR count). The minimum atomic E-state index is 0.0619. The molecule has 1 aromatic heterocycles. The molecule has 4 heteroatoms. The summed E-state index contributed by atoms with van der Waals surface area (Å²) in [5.74, 6) is 0.0619. The van der Waals surface area contributed by atoms with Crippen LogP contribution < -0.4 is 5.32 Å². The molecule has 0 radical (unpaired) electrons. The molecule has 1 N–H and O–H groups in total. The number of carbonyl (C=O) groups is 1. The van der Waals surface area contributed by atoms with Gasteiger partial charge in [-0.3, -0.25) is 9.69 Å². The van der Waals surface area contributed by atoms with Gasteiger partial charge in [-0.1, -0.05) is 36.4 Å². The lowest BCUT2D eigenvalue weighted by atomic mass is 10.2. The van der Waals surface area contributed by atoms with Crippen molar-refractivity contribution in [1.82, 2.24) is 10.2 Å². The third-order valence-corrected chi connectivity index (χ3v) is 3.63. The highest BCUT2D eigenvalue weighted by Crippen LogP contribution is 2.07. The molecule has 0 spiro atoms. The van der Waals surface area contributed by atoms with E-state index in [2.05, 4.69) is 17.4 Å². The van der Waals surface area contributed by atoms with Crippen molar-refractivity contribution in [3.8, 4) is 0 Å². The summed E-state index contributed by atoms with van der Waals surface area (Å²) in [4.78, 5) is 15.0. The van der Waals surface area contributed by atoms with E-state index in [0.717, 1.165) is 6.54 Å². The highest BCUT2D eigenvalue weighted by molar-refractivity contribution is 7.09. The Morgan fingerprint density at radius 3 is 2.68 bits per heavy atom. The minimum absolute atomic E-state index is 0.0619. The highest BCUT2D eigenvalue weighted by Gasteiger charge is 2.06. The Morgan fingerprint density at radius 1 is 1.21 bits per heavy atom. The standard InChI is InChI=1S/C15H18N2OS/c1-17(11-13-6-3-2-4-7-13)12-15(18)16-10-14-8-5-9-19-14/h2-9H,10-12H2,1H3,(H,16,18). The summed E-state index contributed by atoms with van der Waals surface area (Å²) in [6.07, 6.45) is 0. The van der Waals surface area contributed by atoms with E-state index in [-0.39, 0.29) is 5.91 Å². The Bertz CT molecular complexity index is 496. The van der Waals surface area contributed by atoms with Crippen molar-refractivity contribution in [2.24, 2.45) is 0 Å². The minimum Gasteiger partial charge on any atom is -0.350 e. The molecule has 0 bridgehead atoms. The molecule has 0 aliphatic rings. The van der Waals surface area contributed by atoms with Crippen molar-refractivity contribution in [3.63, 3.8) is 0 Å². The summed E-state index contributed by atoms with van der Waals surface area (Å²) in [5.41, 5.74) is 1.22. The van der Waals surface area contributed by atoms with Crippen LogP contribution in [0.3, 0.4) is 0 Å². The lowest BCUT2D eigenvalue weighted by molar-refractivity contribution is -0.122. The molecule has 1 heterocycles. The van der Waals surface area contributed by atoms with Crippen LogP contribution in [0.15, 0.2) is 47.8 Å². The van der Waals surface area contributed by atoms with Gasteiger partial charge in [0.15, 0.2) is 0 Å². The maximum Gasteiger partial charge on any atom is 0.234 e. The second kappa shape index (κ2) is 7.07. The molecule has 0 aliphatic carbocycles. The van der Waals surface area contributed by atoms with Crippen LogP contribution in [0.4, 0.5) is 0 Å². The summed E-state index contributed by atoms with van der Waals surface area (Å²) >= 11 is 1.66. The van der Waals surface area contributed by atoms with E-state index in [9.17, 15) is 4.79 Å². The summed E-state index contributed by atoms with van der Waals surface area (Å²) in [7, 11) is 1.96. The van der Waals surface area contributed by atoms with E-state index in [4.69, 9.17) is 0 Å². The topological polar surface area (TPSA) is 32.3 Å². The first-order valence-corrected chi connectivity index (χ1v) is 7.13. The van der Waals surface area contributed by atoms with Gasteiger partial charge in [-0.05, 0) is 24.1 Å². The van der Waals surface area contributed by atoms with E-state index in [1.807, 2.05) is 47.7 Å². The number of hydrogen-bond acceptors (Lipinski definition) is 3. The first kappa shape index (κ1) is 13.8. The molecule has 0 saturated carbocycles. The van der Waals surface area contributed by atoms with E-state index in [1.54, 1.807) is 11.3 Å². The lowest BCUT2D eigenvalue weighted by Crippen LogP contribution is -2.34. The normalized spacial score (nSPS) is 10.6. The van der Waals surface area contributed by atoms with Crippen molar-refractivity contribution in [2.75, 3.05) is 13.6 Å². The number of carbonyl (C=O) groups excluding carboxylic acids is 1. The number of rotatable bonds is 6. The Balaban J connectivity index is 1.72. The summed E-state index contributed by atoms with van der Waals surface area (Å²) < 4.78 is 0. The van der Waals surface area contributed by atoms with Crippen molar-refractivity contribution >= 4 is 17.2 Å². The zero-order valence-corrected chi connectivity index (χ0v) is 11.8. The first-order chi connectivity index (χ1) is 9.24. The molecule has 0 saturated heterocycles. The van der Waals surface area contributed by atoms with Crippen LogP contribution in [-0.4, -0.2) is 24.4 Å². The molecule has 3 nitrogen and oxygen atoms in total. The molecule has 2 aromatic rings. The second-order valence-corrected chi connectivity index (χ2v) is 5.55. The summed E-state index contributed by atoms with van der Waals surface area (Å²) in [5, 5.41) is 4.95. The van der Waals surface area contributed by atoms with Crippen molar-refractivity contribution < 1.29 is 4.79 Å². The van der Waals surface area contributed by atoms with Gasteiger partial charge in [-0.25, -0.2) is 0 Å². The van der Waals surface area contributed by atoms with E-state index >= 15 is 0 Å². The van der Waals surface area contributed by atoms with Gasteiger partial charge in [0.1, 0.15) is 0 Å². The zero-order chi connectivity index (χ0) is 13.5. The largest absolute Gasteiger partial charge is 0.350 e. The van der Waals surface area contributed by atoms with E-state index in [1.165, 1.54) is 10.4 Å². The van der Waals surface area contributed by atoms with Gasteiger partial charge in [0.05, 0.1) is 13.1 Å². The number of hydrogen-bond donors (Lipinski definition) is 1. The van der Waals surface area contributed by atoms with Crippen molar-refractivity contribution in [3.05, 3.63) is 58.3 Å². The van der Waals surface area contributed by atoms with E-state index in [0.29, 0.717) is 13.1 Å². The second-order valence-electron chi connectivity index (χ2n) is 4.51. The Morgan fingerprint density at radius 2 is 2.00 bits per heavy atom. The first-order valence-electron chi connectivity index (χ1n) is 6.25. The number of nitrogens with one attached hydrogen (secondary N) is 1. The van der Waals surface area contributed by atoms with Gasteiger partial charge >= 0.3 is 0 Å². The van der Waals surface area contributed by atoms with Gasteiger partial charge in [-0.15, -0.1) is 11.3 Å². The molecule has 0 aliphatic heterocycles. The average Bonchev–Trinajstić information content (AvgIpc) is 2.90. The fourth-order valence-corrected chi connectivity index (χ4v) is 2.50. The van der Waals surface area contributed by atoms with Crippen molar-refractivity contribution in [1.29, 1.82) is 0 Å². The summed E-state index contributed by atoms with van der Waals surface area (Å²) in [6, 6.07) is 14.2. The smallest absolute Gasteiger partial charge is 0.234 e. The van der Waals surface area contributed by atoms with Crippen LogP contribution in [-0.2, 0) is 17.9 Å². The molecule has 0 fully saturated rings. The molecule has 19 heavy (non-hydrogen) atoms. The van der Waals surface area contributed by atoms with Crippen LogP contribution >= 0.6 is 11.3 Å². The Labute approximate surface area is 117 Å². The van der Waals surface area contributed by atoms with Gasteiger partial charge in [0, 0.05) is 11.4 Å². The monoisotopic (exact) mass is 274 g/mol. The van der Waals surface area contributed by atoms with Gasteiger partial charge < -0.3 is 5.32 Å². The molecule has 1 amide bonds. The number of likely N-dealkylation sites (N-methyl/N-ethyl adjacent to an activating group) is 1. The van der Waals surface area contributed by atoms with Gasteiger partial charge in [0.25, 0.3) is 0 Å². The third-order valence-electron chi connectivity index (χ3n) is 2.75. The fourth-order valence-electron chi connectivity index (χ4n) is 1.85. The van der Waals surface area contributed by atoms with Crippen LogP contribution in [0.2, 0.25) is 0 Å². The van der Waals surface area contributed by atoms with E-state index < -0.39 is 0 Å². The number of benzene rings is 1. The predicted octanol–water partition coefficient (Wildman–Crippen LogP) is 2.50. The molecular formula is C15H18N2OS. The fraction of sp³-hybridized carbons (Fsp3) is 0.267. The molecule has 0 unspecified atom stereocenters. The SMILES string of the molecule is CN(CC(=O)NCc1cccs1)Cc1ccccc1. The highest BCUT2D eigenvalue weighted by atomic mass is 32.1. The van der Waals surface area contributed by atoms with Gasteiger partial charge in [0.2, 0.25) is 5.91 Å². The Hall–Kier alpha value is -1.65. The van der Waals surface area contributed by atoms with Crippen LogP contribution in [0.25, 0.3) is 0 Å². The quantitative estimate of drug-likeness (QED) is 0.878. The molecule has 1 aromatic carbocycles. The van der Waals surface area contributed by atoms with Gasteiger partial charge in [-0.2, -0.15) is 0 Å². The maximum atomic E-state index is 11.8. The number of thiophene rings is 1.